The third-order valence-electron chi connectivity index (χ3n) is 4.06. The van der Waals surface area contributed by atoms with Crippen LogP contribution in [0.5, 0.6) is 0 Å². The molecule has 3 nitrogen and oxygen atoms in total. The van der Waals surface area contributed by atoms with E-state index in [0.29, 0.717) is 24.3 Å². The molecule has 2 aliphatic rings. The molecule has 1 amide bonds. The van der Waals surface area contributed by atoms with Gasteiger partial charge in [0.15, 0.2) is 0 Å². The quantitative estimate of drug-likeness (QED) is 0.658. The Bertz CT molecular complexity index is 566. The van der Waals surface area contributed by atoms with E-state index in [2.05, 4.69) is 29.6 Å². The van der Waals surface area contributed by atoms with Crippen molar-refractivity contribution in [3.8, 4) is 6.07 Å². The van der Waals surface area contributed by atoms with Crippen LogP contribution in [0.4, 0.5) is 0 Å². The van der Waals surface area contributed by atoms with Crippen molar-refractivity contribution in [2.45, 2.75) is 25.2 Å². The van der Waals surface area contributed by atoms with Crippen molar-refractivity contribution in [1.29, 1.82) is 5.26 Å². The SMILES string of the molecule is N#C/C(=C/C1CC1)C(=O)NC[C@H]1C[C@@H]1c1ccccc1. The standard InChI is InChI=1S/C17H18N2O/c18-10-14(8-12-6-7-12)17(20)19-11-15-9-16(15)13-4-2-1-3-5-13/h1-5,8,12,15-16H,6-7,9,11H2,(H,19,20)/b14-8-/t15-,16-/m1/s1. The molecule has 2 aliphatic carbocycles. The summed E-state index contributed by atoms with van der Waals surface area (Å²) in [7, 11) is 0. The van der Waals surface area contributed by atoms with Gasteiger partial charge in [-0.25, -0.2) is 0 Å². The molecule has 0 aromatic heterocycles. The molecule has 20 heavy (non-hydrogen) atoms. The minimum absolute atomic E-state index is 0.210. The van der Waals surface area contributed by atoms with Crippen molar-refractivity contribution < 1.29 is 4.79 Å². The van der Waals surface area contributed by atoms with Gasteiger partial charge in [-0.05, 0) is 42.6 Å². The van der Waals surface area contributed by atoms with Gasteiger partial charge in [0, 0.05) is 6.54 Å². The van der Waals surface area contributed by atoms with Gasteiger partial charge in [-0.2, -0.15) is 5.26 Å². The number of nitriles is 1. The third-order valence-corrected chi connectivity index (χ3v) is 4.06. The zero-order valence-electron chi connectivity index (χ0n) is 11.4. The normalized spacial score (nSPS) is 24.9. The Balaban J connectivity index is 1.49. The number of benzene rings is 1. The molecule has 0 unspecified atom stereocenters. The second kappa shape index (κ2) is 5.50. The van der Waals surface area contributed by atoms with Crippen LogP contribution in [0.1, 0.15) is 30.7 Å². The van der Waals surface area contributed by atoms with Crippen LogP contribution in [0.15, 0.2) is 42.0 Å². The van der Waals surface area contributed by atoms with Gasteiger partial charge in [0.25, 0.3) is 5.91 Å². The van der Waals surface area contributed by atoms with Gasteiger partial charge >= 0.3 is 0 Å². The molecule has 1 aromatic rings. The first kappa shape index (κ1) is 12.9. The summed E-state index contributed by atoms with van der Waals surface area (Å²) in [6, 6.07) is 12.4. The maximum atomic E-state index is 11.9. The molecule has 102 valence electrons. The van der Waals surface area contributed by atoms with Gasteiger partial charge < -0.3 is 5.32 Å². The molecule has 2 atom stereocenters. The number of hydrogen-bond donors (Lipinski definition) is 1. The summed E-state index contributed by atoms with van der Waals surface area (Å²) >= 11 is 0. The van der Waals surface area contributed by atoms with Crippen LogP contribution in [-0.2, 0) is 4.79 Å². The average molecular weight is 266 g/mol. The second-order valence-electron chi connectivity index (χ2n) is 5.75. The first-order chi connectivity index (χ1) is 9.78. The van der Waals surface area contributed by atoms with Crippen LogP contribution >= 0.6 is 0 Å². The Morgan fingerprint density at radius 1 is 1.35 bits per heavy atom. The Morgan fingerprint density at radius 3 is 2.75 bits per heavy atom. The molecular weight excluding hydrogens is 248 g/mol. The molecule has 0 radical (unpaired) electrons. The van der Waals surface area contributed by atoms with Gasteiger partial charge in [-0.3, -0.25) is 4.79 Å². The molecule has 3 heteroatoms. The van der Waals surface area contributed by atoms with Crippen molar-refractivity contribution >= 4 is 5.91 Å². The minimum Gasteiger partial charge on any atom is -0.351 e. The van der Waals surface area contributed by atoms with Gasteiger partial charge in [0.1, 0.15) is 11.6 Å². The highest BCUT2D eigenvalue weighted by molar-refractivity contribution is 5.97. The van der Waals surface area contributed by atoms with E-state index in [-0.39, 0.29) is 11.5 Å². The number of hydrogen-bond acceptors (Lipinski definition) is 2. The van der Waals surface area contributed by atoms with Crippen LogP contribution in [0, 0.1) is 23.2 Å². The van der Waals surface area contributed by atoms with Crippen LogP contribution in [0.25, 0.3) is 0 Å². The fourth-order valence-electron chi connectivity index (χ4n) is 2.56. The van der Waals surface area contributed by atoms with E-state index in [1.54, 1.807) is 0 Å². The molecule has 0 bridgehead atoms. The predicted octanol–water partition coefficient (Wildman–Crippen LogP) is 2.77. The largest absolute Gasteiger partial charge is 0.351 e. The zero-order valence-corrected chi connectivity index (χ0v) is 11.4. The van der Waals surface area contributed by atoms with Crippen LogP contribution < -0.4 is 5.32 Å². The maximum Gasteiger partial charge on any atom is 0.261 e. The summed E-state index contributed by atoms with van der Waals surface area (Å²) in [5.74, 6) is 1.32. The maximum absolute atomic E-state index is 11.9. The van der Waals surface area contributed by atoms with E-state index >= 15 is 0 Å². The van der Waals surface area contributed by atoms with E-state index in [1.165, 1.54) is 5.56 Å². The summed E-state index contributed by atoms with van der Waals surface area (Å²) in [6.45, 7) is 0.669. The molecule has 2 saturated carbocycles. The molecule has 0 spiro atoms. The fraction of sp³-hybridized carbons (Fsp3) is 0.412. The highest BCUT2D eigenvalue weighted by Gasteiger charge is 2.38. The van der Waals surface area contributed by atoms with Crippen molar-refractivity contribution in [1.82, 2.24) is 5.32 Å². The molecule has 1 N–H and O–H groups in total. The lowest BCUT2D eigenvalue weighted by molar-refractivity contribution is -0.117. The monoisotopic (exact) mass is 266 g/mol. The van der Waals surface area contributed by atoms with Gasteiger partial charge in [0.2, 0.25) is 0 Å². The number of carbonyl (C=O) groups excluding carboxylic acids is 1. The van der Waals surface area contributed by atoms with E-state index in [1.807, 2.05) is 18.2 Å². The predicted molar refractivity (Wildman–Crippen MR) is 76.7 cm³/mol. The number of rotatable bonds is 5. The van der Waals surface area contributed by atoms with Gasteiger partial charge in [-0.1, -0.05) is 36.4 Å². The molecule has 3 rings (SSSR count). The van der Waals surface area contributed by atoms with E-state index in [4.69, 9.17) is 5.26 Å². The molecule has 0 aliphatic heterocycles. The van der Waals surface area contributed by atoms with E-state index < -0.39 is 0 Å². The summed E-state index contributed by atoms with van der Waals surface area (Å²) in [6.07, 6.45) is 5.16. The Hall–Kier alpha value is -2.08. The lowest BCUT2D eigenvalue weighted by atomic mass is 10.1. The molecular formula is C17H18N2O. The van der Waals surface area contributed by atoms with Crippen LogP contribution in [0.2, 0.25) is 0 Å². The molecule has 1 aromatic carbocycles. The lowest BCUT2D eigenvalue weighted by Crippen LogP contribution is -2.27. The number of carbonyl (C=O) groups is 1. The highest BCUT2D eigenvalue weighted by atomic mass is 16.1. The van der Waals surface area contributed by atoms with Crippen molar-refractivity contribution in [3.05, 3.63) is 47.5 Å². The van der Waals surface area contributed by atoms with E-state index in [0.717, 1.165) is 19.3 Å². The Kier molecular flexibility index (Phi) is 3.56. The first-order valence-electron chi connectivity index (χ1n) is 7.23. The molecule has 0 heterocycles. The van der Waals surface area contributed by atoms with Gasteiger partial charge in [-0.15, -0.1) is 0 Å². The molecule has 2 fully saturated rings. The van der Waals surface area contributed by atoms with Crippen molar-refractivity contribution in [2.75, 3.05) is 6.54 Å². The first-order valence-corrected chi connectivity index (χ1v) is 7.23. The van der Waals surface area contributed by atoms with E-state index in [9.17, 15) is 4.79 Å². The highest BCUT2D eigenvalue weighted by Crippen LogP contribution is 2.46. The second-order valence-corrected chi connectivity index (χ2v) is 5.75. The third kappa shape index (κ3) is 3.08. The van der Waals surface area contributed by atoms with Crippen molar-refractivity contribution in [2.24, 2.45) is 11.8 Å². The van der Waals surface area contributed by atoms with Crippen LogP contribution in [0.3, 0.4) is 0 Å². The Morgan fingerprint density at radius 2 is 2.10 bits per heavy atom. The van der Waals surface area contributed by atoms with Crippen LogP contribution in [-0.4, -0.2) is 12.5 Å². The topological polar surface area (TPSA) is 52.9 Å². The molecule has 0 saturated heterocycles. The zero-order chi connectivity index (χ0) is 13.9. The average Bonchev–Trinajstić information content (AvgIpc) is 3.38. The summed E-state index contributed by atoms with van der Waals surface area (Å²) in [5.41, 5.74) is 1.63. The minimum atomic E-state index is -0.210. The number of amides is 1. The fourth-order valence-corrected chi connectivity index (χ4v) is 2.56. The lowest BCUT2D eigenvalue weighted by Gasteiger charge is -2.04. The number of nitrogens with zero attached hydrogens (tertiary/aromatic N) is 1. The smallest absolute Gasteiger partial charge is 0.261 e. The van der Waals surface area contributed by atoms with Gasteiger partial charge in [0.05, 0.1) is 0 Å². The summed E-state index contributed by atoms with van der Waals surface area (Å²) in [4.78, 5) is 11.9. The number of nitrogens with one attached hydrogen (secondary N) is 1. The Labute approximate surface area is 119 Å². The summed E-state index contributed by atoms with van der Waals surface area (Å²) in [5, 5.41) is 11.9. The number of allylic oxidation sites excluding steroid dienone is 1. The summed E-state index contributed by atoms with van der Waals surface area (Å²) < 4.78 is 0. The van der Waals surface area contributed by atoms with Crippen molar-refractivity contribution in [3.63, 3.8) is 0 Å².